The topological polar surface area (TPSA) is 7.45 Å². The van der Waals surface area contributed by atoms with Gasteiger partial charge in [0.05, 0.1) is 6.54 Å². The Labute approximate surface area is 63.2 Å². The SMILES string of the molecule is CC[NH+]1C=[N+](C)C(C)C1C. The number of quaternary nitrogens is 1. The lowest BCUT2D eigenvalue weighted by Gasteiger charge is -2.10. The molecule has 1 aliphatic rings. The van der Waals surface area contributed by atoms with E-state index in [0.717, 1.165) is 6.04 Å². The Hall–Kier alpha value is -0.370. The number of nitrogens with one attached hydrogen (secondary N) is 1. The Morgan fingerprint density at radius 1 is 1.50 bits per heavy atom. The summed E-state index contributed by atoms with van der Waals surface area (Å²) in [7, 11) is 2.16. The lowest BCUT2D eigenvalue weighted by atomic mass is 10.2. The van der Waals surface area contributed by atoms with Crippen LogP contribution in [-0.2, 0) is 0 Å². The first-order valence-electron chi connectivity index (χ1n) is 4.09. The van der Waals surface area contributed by atoms with E-state index in [0.29, 0.717) is 6.04 Å². The van der Waals surface area contributed by atoms with Gasteiger partial charge >= 0.3 is 6.34 Å². The summed E-state index contributed by atoms with van der Waals surface area (Å²) in [5.74, 6) is 0. The average molecular weight is 142 g/mol. The van der Waals surface area contributed by atoms with Gasteiger partial charge in [-0.15, -0.1) is 0 Å². The summed E-state index contributed by atoms with van der Waals surface area (Å²) in [4.78, 5) is 1.59. The molecule has 58 valence electrons. The van der Waals surface area contributed by atoms with E-state index in [2.05, 4.69) is 38.7 Å². The zero-order valence-electron chi connectivity index (χ0n) is 7.39. The van der Waals surface area contributed by atoms with E-state index in [1.807, 2.05) is 0 Å². The van der Waals surface area contributed by atoms with Crippen molar-refractivity contribution < 1.29 is 9.48 Å². The Balaban J connectivity index is 2.66. The molecule has 2 heteroatoms. The molecule has 0 saturated carbocycles. The molecule has 1 aliphatic heterocycles. The molecule has 0 aromatic heterocycles. The summed E-state index contributed by atoms with van der Waals surface area (Å²) >= 11 is 0. The molecule has 0 amide bonds. The second-order valence-corrected chi connectivity index (χ2v) is 3.25. The largest absolute Gasteiger partial charge is 0.325 e. The second kappa shape index (κ2) is 2.70. The van der Waals surface area contributed by atoms with Crippen LogP contribution in [0.3, 0.4) is 0 Å². The average Bonchev–Trinajstić information content (AvgIpc) is 2.17. The molecular weight excluding hydrogens is 124 g/mol. The molecule has 1 heterocycles. The van der Waals surface area contributed by atoms with E-state index < -0.39 is 0 Å². The standard InChI is InChI=1S/C8H17N2/c1-5-10-6-9(4)7(2)8(10)3/h6-8H,5H2,1-4H3/q+1/p+1. The number of hydrogen-bond donors (Lipinski definition) is 1. The first-order valence-corrected chi connectivity index (χ1v) is 4.09. The van der Waals surface area contributed by atoms with Crippen LogP contribution in [0.2, 0.25) is 0 Å². The molecule has 0 radical (unpaired) electrons. The highest BCUT2D eigenvalue weighted by molar-refractivity contribution is 5.37. The molecule has 0 aliphatic carbocycles. The number of rotatable bonds is 1. The van der Waals surface area contributed by atoms with Crippen molar-refractivity contribution in [2.75, 3.05) is 13.6 Å². The van der Waals surface area contributed by atoms with E-state index in [-0.39, 0.29) is 0 Å². The van der Waals surface area contributed by atoms with E-state index in [1.165, 1.54) is 6.54 Å². The van der Waals surface area contributed by atoms with Crippen LogP contribution in [0.5, 0.6) is 0 Å². The number of likely N-dealkylation sites (N-methyl/N-ethyl adjacent to an activating group) is 2. The zero-order valence-corrected chi connectivity index (χ0v) is 7.39. The van der Waals surface area contributed by atoms with Crippen molar-refractivity contribution in [1.82, 2.24) is 0 Å². The predicted octanol–water partition coefficient (Wildman–Crippen LogP) is -0.648. The van der Waals surface area contributed by atoms with Crippen LogP contribution in [0.4, 0.5) is 0 Å². The number of hydrogen-bond acceptors (Lipinski definition) is 0. The zero-order chi connectivity index (χ0) is 7.72. The summed E-state index contributed by atoms with van der Waals surface area (Å²) in [6.45, 7) is 8.03. The van der Waals surface area contributed by atoms with Crippen LogP contribution >= 0.6 is 0 Å². The van der Waals surface area contributed by atoms with Gasteiger partial charge in [0.25, 0.3) is 0 Å². The van der Waals surface area contributed by atoms with Gasteiger partial charge in [0.2, 0.25) is 6.04 Å². The van der Waals surface area contributed by atoms with Crippen LogP contribution in [0, 0.1) is 0 Å². The van der Waals surface area contributed by atoms with Crippen LogP contribution < -0.4 is 4.90 Å². The minimum absolute atomic E-state index is 0.704. The molecule has 0 saturated heterocycles. The highest BCUT2D eigenvalue weighted by atomic mass is 15.3. The molecule has 0 aromatic carbocycles. The summed E-state index contributed by atoms with van der Waals surface area (Å²) in [5.41, 5.74) is 0. The van der Waals surface area contributed by atoms with Crippen molar-refractivity contribution in [3.8, 4) is 0 Å². The van der Waals surface area contributed by atoms with Gasteiger partial charge in [-0.05, 0) is 13.8 Å². The molecule has 1 N–H and O–H groups in total. The first-order chi connectivity index (χ1) is 4.66. The predicted molar refractivity (Wildman–Crippen MR) is 42.7 cm³/mol. The summed E-state index contributed by atoms with van der Waals surface area (Å²) < 4.78 is 2.31. The molecule has 0 aromatic rings. The minimum Gasteiger partial charge on any atom is -0.246 e. The quantitative estimate of drug-likeness (QED) is 0.465. The van der Waals surface area contributed by atoms with Gasteiger partial charge in [0.1, 0.15) is 7.05 Å². The molecule has 0 spiro atoms. The fraction of sp³-hybridized carbons (Fsp3) is 0.875. The Morgan fingerprint density at radius 2 is 2.10 bits per heavy atom. The van der Waals surface area contributed by atoms with Gasteiger partial charge in [-0.1, -0.05) is 0 Å². The third-order valence-corrected chi connectivity index (χ3v) is 2.73. The van der Waals surface area contributed by atoms with Crippen molar-refractivity contribution in [3.05, 3.63) is 0 Å². The summed E-state index contributed by atoms with van der Waals surface area (Å²) in [6.07, 6.45) is 2.29. The fourth-order valence-electron chi connectivity index (χ4n) is 1.57. The summed E-state index contributed by atoms with van der Waals surface area (Å²) in [6, 6.07) is 1.46. The maximum Gasteiger partial charge on any atom is 0.325 e. The number of nitrogens with zero attached hydrogens (tertiary/aromatic N) is 1. The molecule has 10 heavy (non-hydrogen) atoms. The second-order valence-electron chi connectivity index (χ2n) is 3.25. The smallest absolute Gasteiger partial charge is 0.246 e. The van der Waals surface area contributed by atoms with Gasteiger partial charge in [0, 0.05) is 6.92 Å². The molecule has 0 bridgehead atoms. The van der Waals surface area contributed by atoms with Gasteiger partial charge < -0.3 is 0 Å². The molecular formula is C8H18N2+2. The monoisotopic (exact) mass is 142 g/mol. The van der Waals surface area contributed by atoms with Crippen LogP contribution in [0.25, 0.3) is 0 Å². The maximum atomic E-state index is 2.31. The van der Waals surface area contributed by atoms with Gasteiger partial charge in [-0.2, -0.15) is 4.58 Å². The Bertz CT molecular complexity index is 151. The highest BCUT2D eigenvalue weighted by Crippen LogP contribution is 1.94. The lowest BCUT2D eigenvalue weighted by molar-refractivity contribution is -0.818. The normalized spacial score (nSPS) is 40.0. The van der Waals surface area contributed by atoms with E-state index >= 15 is 0 Å². The molecule has 3 atom stereocenters. The molecule has 3 unspecified atom stereocenters. The van der Waals surface area contributed by atoms with E-state index in [9.17, 15) is 0 Å². The first kappa shape index (κ1) is 7.73. The minimum atomic E-state index is 0.704. The fourth-order valence-corrected chi connectivity index (χ4v) is 1.57. The Kier molecular flexibility index (Phi) is 2.09. The van der Waals surface area contributed by atoms with Gasteiger partial charge in [0.15, 0.2) is 6.04 Å². The molecule has 1 rings (SSSR count). The van der Waals surface area contributed by atoms with E-state index in [4.69, 9.17) is 0 Å². The van der Waals surface area contributed by atoms with Crippen LogP contribution in [0.15, 0.2) is 0 Å². The third kappa shape index (κ3) is 1.08. The van der Waals surface area contributed by atoms with Crippen molar-refractivity contribution in [2.24, 2.45) is 0 Å². The van der Waals surface area contributed by atoms with E-state index in [1.54, 1.807) is 4.90 Å². The van der Waals surface area contributed by atoms with Crippen molar-refractivity contribution >= 4 is 6.34 Å². The van der Waals surface area contributed by atoms with Gasteiger partial charge in [-0.25, -0.2) is 4.90 Å². The third-order valence-electron chi connectivity index (χ3n) is 2.73. The molecule has 0 fully saturated rings. The van der Waals surface area contributed by atoms with Crippen molar-refractivity contribution in [1.29, 1.82) is 0 Å². The maximum absolute atomic E-state index is 2.31. The van der Waals surface area contributed by atoms with Crippen LogP contribution in [0.1, 0.15) is 20.8 Å². The van der Waals surface area contributed by atoms with Gasteiger partial charge in [-0.3, -0.25) is 0 Å². The lowest BCUT2D eigenvalue weighted by Crippen LogP contribution is -3.13. The molecule has 2 nitrogen and oxygen atoms in total. The van der Waals surface area contributed by atoms with Crippen LogP contribution in [-0.4, -0.2) is 36.6 Å². The Morgan fingerprint density at radius 3 is 2.30 bits per heavy atom. The van der Waals surface area contributed by atoms with Crippen molar-refractivity contribution in [2.45, 2.75) is 32.9 Å². The van der Waals surface area contributed by atoms with Crippen molar-refractivity contribution in [3.63, 3.8) is 0 Å². The summed E-state index contributed by atoms with van der Waals surface area (Å²) in [5, 5.41) is 0. The highest BCUT2D eigenvalue weighted by Gasteiger charge is 2.36.